The Morgan fingerprint density at radius 2 is 1.95 bits per heavy atom. The molecular weight excluding hydrogens is 246 g/mol. The van der Waals surface area contributed by atoms with Crippen LogP contribution in [0, 0.1) is 0 Å². The number of para-hydroxylation sites is 1. The van der Waals surface area contributed by atoms with E-state index in [4.69, 9.17) is 4.98 Å². The van der Waals surface area contributed by atoms with Gasteiger partial charge in [-0.05, 0) is 37.2 Å². The number of likely N-dealkylation sites (N-methyl/N-ethyl adjacent to an activating group) is 1. The average Bonchev–Trinajstić information content (AvgIpc) is 2.53. The van der Waals surface area contributed by atoms with Crippen LogP contribution in [0.4, 0.5) is 0 Å². The smallest absolute Gasteiger partial charge is 0.0706 e. The van der Waals surface area contributed by atoms with Gasteiger partial charge in [0, 0.05) is 17.8 Å². The fourth-order valence-corrected chi connectivity index (χ4v) is 2.38. The first-order chi connectivity index (χ1) is 9.86. The molecule has 3 rings (SSSR count). The van der Waals surface area contributed by atoms with E-state index in [-0.39, 0.29) is 6.04 Å². The van der Waals surface area contributed by atoms with Crippen molar-refractivity contribution in [3.8, 4) is 0 Å². The number of rotatable bonds is 4. The predicted octanol–water partition coefficient (Wildman–Crippen LogP) is 3.13. The van der Waals surface area contributed by atoms with E-state index < -0.39 is 0 Å². The number of fused-ring (bicyclic) bond motifs is 1. The first-order valence-electron chi connectivity index (χ1n) is 6.78. The molecule has 1 atom stereocenters. The van der Waals surface area contributed by atoms with Gasteiger partial charge in [-0.25, -0.2) is 0 Å². The van der Waals surface area contributed by atoms with Gasteiger partial charge in [0.25, 0.3) is 0 Å². The molecule has 100 valence electrons. The Labute approximate surface area is 118 Å². The molecule has 0 aliphatic rings. The molecule has 2 heterocycles. The monoisotopic (exact) mass is 263 g/mol. The van der Waals surface area contributed by atoms with E-state index in [1.54, 1.807) is 6.20 Å². The molecule has 0 amide bonds. The summed E-state index contributed by atoms with van der Waals surface area (Å²) in [6.07, 6.45) is 4.59. The van der Waals surface area contributed by atoms with E-state index in [0.717, 1.165) is 17.6 Å². The number of hydrogen-bond acceptors (Lipinski definition) is 3. The lowest BCUT2D eigenvalue weighted by Gasteiger charge is -2.16. The van der Waals surface area contributed by atoms with Crippen LogP contribution in [0.5, 0.6) is 0 Å². The Balaban J connectivity index is 1.91. The normalized spacial score (nSPS) is 12.4. The molecule has 0 aliphatic heterocycles. The molecule has 0 fully saturated rings. The first kappa shape index (κ1) is 12.8. The number of pyridine rings is 2. The molecule has 20 heavy (non-hydrogen) atoms. The van der Waals surface area contributed by atoms with Crippen molar-refractivity contribution in [1.82, 2.24) is 15.3 Å². The second kappa shape index (κ2) is 5.80. The van der Waals surface area contributed by atoms with Crippen molar-refractivity contribution in [3.63, 3.8) is 0 Å². The van der Waals surface area contributed by atoms with E-state index >= 15 is 0 Å². The van der Waals surface area contributed by atoms with Gasteiger partial charge in [-0.1, -0.05) is 30.3 Å². The minimum Gasteiger partial charge on any atom is -0.311 e. The zero-order valence-electron chi connectivity index (χ0n) is 11.5. The molecule has 1 unspecified atom stereocenters. The van der Waals surface area contributed by atoms with E-state index in [9.17, 15) is 0 Å². The third-order valence-electron chi connectivity index (χ3n) is 3.49. The molecule has 0 saturated heterocycles. The predicted molar refractivity (Wildman–Crippen MR) is 81.5 cm³/mol. The van der Waals surface area contributed by atoms with Crippen molar-refractivity contribution < 1.29 is 0 Å². The number of aromatic nitrogens is 2. The summed E-state index contributed by atoms with van der Waals surface area (Å²) in [6.45, 7) is 0. The Morgan fingerprint density at radius 1 is 1.05 bits per heavy atom. The van der Waals surface area contributed by atoms with E-state index in [1.807, 2.05) is 31.4 Å². The highest BCUT2D eigenvalue weighted by Crippen LogP contribution is 2.19. The van der Waals surface area contributed by atoms with E-state index in [0.29, 0.717) is 0 Å². The zero-order chi connectivity index (χ0) is 13.8. The molecule has 0 saturated carbocycles. The van der Waals surface area contributed by atoms with Crippen molar-refractivity contribution in [3.05, 3.63) is 72.2 Å². The summed E-state index contributed by atoms with van der Waals surface area (Å²) >= 11 is 0. The Morgan fingerprint density at radius 3 is 2.75 bits per heavy atom. The van der Waals surface area contributed by atoms with Crippen molar-refractivity contribution >= 4 is 10.9 Å². The van der Waals surface area contributed by atoms with Crippen molar-refractivity contribution in [1.29, 1.82) is 0 Å². The number of nitrogens with one attached hydrogen (secondary N) is 1. The summed E-state index contributed by atoms with van der Waals surface area (Å²) in [5.41, 5.74) is 3.31. The second-order valence-electron chi connectivity index (χ2n) is 4.84. The SMILES string of the molecule is CNC(Cc1cccnc1)c1ccc2ccccc2n1. The van der Waals surface area contributed by atoms with Crippen LogP contribution < -0.4 is 5.32 Å². The molecule has 1 aromatic carbocycles. The lowest BCUT2D eigenvalue weighted by atomic mass is 10.0. The quantitative estimate of drug-likeness (QED) is 0.786. The summed E-state index contributed by atoms with van der Waals surface area (Å²) in [5.74, 6) is 0. The average molecular weight is 263 g/mol. The fourth-order valence-electron chi connectivity index (χ4n) is 2.38. The lowest BCUT2D eigenvalue weighted by Crippen LogP contribution is -2.20. The van der Waals surface area contributed by atoms with Gasteiger partial charge < -0.3 is 5.32 Å². The van der Waals surface area contributed by atoms with Crippen LogP contribution in [0.1, 0.15) is 17.3 Å². The molecule has 3 nitrogen and oxygen atoms in total. The van der Waals surface area contributed by atoms with Crippen molar-refractivity contribution in [2.45, 2.75) is 12.5 Å². The molecule has 3 aromatic rings. The third-order valence-corrected chi connectivity index (χ3v) is 3.49. The Bertz CT molecular complexity index is 695. The highest BCUT2D eigenvalue weighted by molar-refractivity contribution is 5.78. The van der Waals surface area contributed by atoms with Gasteiger partial charge in [0.2, 0.25) is 0 Å². The minimum absolute atomic E-state index is 0.198. The summed E-state index contributed by atoms with van der Waals surface area (Å²) in [7, 11) is 1.97. The Kier molecular flexibility index (Phi) is 3.70. The number of hydrogen-bond donors (Lipinski definition) is 1. The highest BCUT2D eigenvalue weighted by Gasteiger charge is 2.12. The van der Waals surface area contributed by atoms with Crippen LogP contribution in [0.3, 0.4) is 0 Å². The Hall–Kier alpha value is -2.26. The van der Waals surface area contributed by atoms with Gasteiger partial charge in [-0.15, -0.1) is 0 Å². The molecule has 0 bridgehead atoms. The van der Waals surface area contributed by atoms with Crippen LogP contribution in [0.15, 0.2) is 60.9 Å². The first-order valence-corrected chi connectivity index (χ1v) is 6.78. The van der Waals surface area contributed by atoms with E-state index in [2.05, 4.69) is 40.6 Å². The minimum atomic E-state index is 0.198. The summed E-state index contributed by atoms with van der Waals surface area (Å²) in [5, 5.41) is 4.51. The fraction of sp³-hybridized carbons (Fsp3) is 0.176. The van der Waals surface area contributed by atoms with Crippen LogP contribution >= 0.6 is 0 Å². The van der Waals surface area contributed by atoms with E-state index in [1.165, 1.54) is 10.9 Å². The summed E-state index contributed by atoms with van der Waals surface area (Å²) in [4.78, 5) is 8.93. The maximum atomic E-state index is 4.76. The molecule has 1 N–H and O–H groups in total. The van der Waals surface area contributed by atoms with Gasteiger partial charge in [0.05, 0.1) is 17.3 Å². The van der Waals surface area contributed by atoms with Crippen LogP contribution in [0.25, 0.3) is 10.9 Å². The van der Waals surface area contributed by atoms with Gasteiger partial charge in [-0.3, -0.25) is 9.97 Å². The summed E-state index contributed by atoms with van der Waals surface area (Å²) in [6, 6.07) is 16.7. The van der Waals surface area contributed by atoms with Gasteiger partial charge >= 0.3 is 0 Å². The second-order valence-corrected chi connectivity index (χ2v) is 4.84. The topological polar surface area (TPSA) is 37.8 Å². The molecule has 0 aliphatic carbocycles. The van der Waals surface area contributed by atoms with Gasteiger partial charge in [0.15, 0.2) is 0 Å². The summed E-state index contributed by atoms with van der Waals surface area (Å²) < 4.78 is 0. The zero-order valence-corrected chi connectivity index (χ0v) is 11.5. The maximum Gasteiger partial charge on any atom is 0.0706 e. The highest BCUT2D eigenvalue weighted by atomic mass is 14.9. The van der Waals surface area contributed by atoms with Gasteiger partial charge in [-0.2, -0.15) is 0 Å². The van der Waals surface area contributed by atoms with Crippen LogP contribution in [0.2, 0.25) is 0 Å². The number of benzene rings is 1. The largest absolute Gasteiger partial charge is 0.311 e. The van der Waals surface area contributed by atoms with Crippen molar-refractivity contribution in [2.24, 2.45) is 0 Å². The van der Waals surface area contributed by atoms with Gasteiger partial charge in [0.1, 0.15) is 0 Å². The lowest BCUT2D eigenvalue weighted by molar-refractivity contribution is 0.577. The maximum absolute atomic E-state index is 4.76. The van der Waals surface area contributed by atoms with Crippen LogP contribution in [-0.2, 0) is 6.42 Å². The standard InChI is InChI=1S/C17H17N3/c1-18-17(11-13-5-4-10-19-12-13)16-9-8-14-6-2-3-7-15(14)20-16/h2-10,12,17-18H,11H2,1H3. The van der Waals surface area contributed by atoms with Crippen molar-refractivity contribution in [2.75, 3.05) is 7.05 Å². The third kappa shape index (κ3) is 2.68. The van der Waals surface area contributed by atoms with Crippen LogP contribution in [-0.4, -0.2) is 17.0 Å². The molecule has 3 heteroatoms. The molecule has 0 spiro atoms. The molecule has 0 radical (unpaired) electrons. The molecule has 2 aromatic heterocycles. The molecular formula is C17H17N3. The number of nitrogens with zero attached hydrogens (tertiary/aromatic N) is 2.